The topological polar surface area (TPSA) is 18.5 Å². The summed E-state index contributed by atoms with van der Waals surface area (Å²) in [5.74, 6) is 1.99. The summed E-state index contributed by atoms with van der Waals surface area (Å²) in [5.41, 5.74) is 0. The zero-order chi connectivity index (χ0) is 9.26. The van der Waals surface area contributed by atoms with Crippen molar-refractivity contribution >= 4 is 27.5 Å². The first kappa shape index (κ1) is 9.16. The van der Waals surface area contributed by atoms with Crippen LogP contribution in [0.1, 0.15) is 0 Å². The van der Waals surface area contributed by atoms with Gasteiger partial charge in [0.1, 0.15) is 12.7 Å². The van der Waals surface area contributed by atoms with Crippen LogP contribution in [0.3, 0.4) is 0 Å². The molecule has 0 fully saturated rings. The first-order chi connectivity index (χ1) is 6.29. The van der Waals surface area contributed by atoms with Crippen LogP contribution in [-0.2, 0) is 0 Å². The highest BCUT2D eigenvalue weighted by atomic mass is 79.9. The van der Waals surface area contributed by atoms with Crippen molar-refractivity contribution in [2.24, 2.45) is 0 Å². The Labute approximate surface area is 89.9 Å². The molecule has 0 aliphatic carbocycles. The highest BCUT2D eigenvalue weighted by Crippen LogP contribution is 2.34. The van der Waals surface area contributed by atoms with Gasteiger partial charge in [-0.3, -0.25) is 0 Å². The Hall–Kier alpha value is -0.410. The third kappa shape index (κ3) is 1.92. The predicted molar refractivity (Wildman–Crippen MR) is 54.8 cm³/mol. The molecule has 13 heavy (non-hydrogen) atoms. The largest absolute Gasteiger partial charge is 0.486 e. The smallest absolute Gasteiger partial charge is 0.162 e. The molecule has 0 N–H and O–H groups in total. The highest BCUT2D eigenvalue weighted by molar-refractivity contribution is 9.10. The first-order valence-electron chi connectivity index (χ1n) is 3.94. The fraction of sp³-hybridized carbons (Fsp3) is 0.333. The van der Waals surface area contributed by atoms with Crippen molar-refractivity contribution in [1.29, 1.82) is 0 Å². The number of hydrogen-bond donors (Lipinski definition) is 0. The Balaban J connectivity index is 2.27. The SMILES string of the molecule is ClC[C@@H]1COc2ccc(Br)cc2O1. The summed E-state index contributed by atoms with van der Waals surface area (Å²) in [6, 6.07) is 5.68. The third-order valence-corrected chi connectivity index (χ3v) is 2.63. The molecule has 0 aromatic heterocycles. The van der Waals surface area contributed by atoms with Gasteiger partial charge in [0.05, 0.1) is 5.88 Å². The van der Waals surface area contributed by atoms with E-state index in [1.807, 2.05) is 18.2 Å². The molecule has 0 amide bonds. The second-order valence-electron chi connectivity index (χ2n) is 2.80. The molecule has 0 bridgehead atoms. The van der Waals surface area contributed by atoms with E-state index in [0.717, 1.165) is 16.0 Å². The van der Waals surface area contributed by atoms with E-state index in [4.69, 9.17) is 21.1 Å². The standard InChI is InChI=1S/C9H8BrClO2/c10-6-1-2-8-9(3-6)13-7(4-11)5-12-8/h1-3,7H,4-5H2/t7-/m1/s1. The molecule has 2 rings (SSSR count). The minimum atomic E-state index is -0.0385. The van der Waals surface area contributed by atoms with Crippen LogP contribution in [-0.4, -0.2) is 18.6 Å². The van der Waals surface area contributed by atoms with E-state index < -0.39 is 0 Å². The van der Waals surface area contributed by atoms with Gasteiger partial charge in [0.15, 0.2) is 11.5 Å². The van der Waals surface area contributed by atoms with Crippen LogP contribution in [0.15, 0.2) is 22.7 Å². The fourth-order valence-electron chi connectivity index (χ4n) is 1.17. The number of halogens is 2. The van der Waals surface area contributed by atoms with E-state index in [-0.39, 0.29) is 6.10 Å². The highest BCUT2D eigenvalue weighted by Gasteiger charge is 2.19. The van der Waals surface area contributed by atoms with Crippen molar-refractivity contribution in [3.8, 4) is 11.5 Å². The molecule has 1 aromatic carbocycles. The Bertz CT molecular complexity index is 316. The van der Waals surface area contributed by atoms with Crippen molar-refractivity contribution in [2.75, 3.05) is 12.5 Å². The van der Waals surface area contributed by atoms with Crippen molar-refractivity contribution in [3.63, 3.8) is 0 Å². The predicted octanol–water partition coefficient (Wildman–Crippen LogP) is 2.83. The van der Waals surface area contributed by atoms with Crippen LogP contribution >= 0.6 is 27.5 Å². The average molecular weight is 264 g/mol. The van der Waals surface area contributed by atoms with Crippen molar-refractivity contribution < 1.29 is 9.47 Å². The lowest BCUT2D eigenvalue weighted by atomic mass is 10.3. The van der Waals surface area contributed by atoms with Gasteiger partial charge >= 0.3 is 0 Å². The van der Waals surface area contributed by atoms with Crippen molar-refractivity contribution in [3.05, 3.63) is 22.7 Å². The van der Waals surface area contributed by atoms with E-state index in [2.05, 4.69) is 15.9 Å². The Morgan fingerprint density at radius 2 is 2.31 bits per heavy atom. The number of alkyl halides is 1. The molecule has 70 valence electrons. The molecule has 0 unspecified atom stereocenters. The number of ether oxygens (including phenoxy) is 2. The number of hydrogen-bond acceptors (Lipinski definition) is 2. The Morgan fingerprint density at radius 3 is 3.08 bits per heavy atom. The normalized spacial score (nSPS) is 20.0. The van der Waals surface area contributed by atoms with Gasteiger partial charge in [0.25, 0.3) is 0 Å². The van der Waals surface area contributed by atoms with Crippen LogP contribution in [0, 0.1) is 0 Å². The second-order valence-corrected chi connectivity index (χ2v) is 4.02. The van der Waals surface area contributed by atoms with Crippen LogP contribution in [0.4, 0.5) is 0 Å². The zero-order valence-electron chi connectivity index (χ0n) is 6.80. The second kappa shape index (κ2) is 3.76. The van der Waals surface area contributed by atoms with Gasteiger partial charge in [-0.05, 0) is 18.2 Å². The molecule has 1 aromatic rings. The fourth-order valence-corrected chi connectivity index (χ4v) is 1.66. The molecule has 4 heteroatoms. The summed E-state index contributed by atoms with van der Waals surface area (Å²) in [6.45, 7) is 0.526. The maximum atomic E-state index is 5.67. The van der Waals surface area contributed by atoms with Crippen LogP contribution in [0.5, 0.6) is 11.5 Å². The van der Waals surface area contributed by atoms with Gasteiger partial charge in [-0.25, -0.2) is 0 Å². The minimum absolute atomic E-state index is 0.0385. The number of benzene rings is 1. The van der Waals surface area contributed by atoms with Gasteiger partial charge in [0, 0.05) is 4.47 Å². The summed E-state index contributed by atoms with van der Waals surface area (Å²) in [6.07, 6.45) is -0.0385. The lowest BCUT2D eigenvalue weighted by Crippen LogP contribution is -2.30. The first-order valence-corrected chi connectivity index (χ1v) is 5.27. The molecular weight excluding hydrogens is 255 g/mol. The summed E-state index contributed by atoms with van der Waals surface area (Å²) >= 11 is 9.03. The van der Waals surface area contributed by atoms with Crippen LogP contribution in [0.25, 0.3) is 0 Å². The Kier molecular flexibility index (Phi) is 2.65. The average Bonchev–Trinajstić information content (AvgIpc) is 2.16. The van der Waals surface area contributed by atoms with E-state index >= 15 is 0 Å². The molecule has 0 spiro atoms. The lowest BCUT2D eigenvalue weighted by molar-refractivity contribution is 0.106. The van der Waals surface area contributed by atoms with Gasteiger partial charge in [0.2, 0.25) is 0 Å². The van der Waals surface area contributed by atoms with E-state index in [9.17, 15) is 0 Å². The minimum Gasteiger partial charge on any atom is -0.486 e. The number of rotatable bonds is 1. The number of fused-ring (bicyclic) bond motifs is 1. The van der Waals surface area contributed by atoms with E-state index in [0.29, 0.717) is 12.5 Å². The van der Waals surface area contributed by atoms with Crippen LogP contribution in [0.2, 0.25) is 0 Å². The monoisotopic (exact) mass is 262 g/mol. The van der Waals surface area contributed by atoms with Gasteiger partial charge < -0.3 is 9.47 Å². The molecule has 0 saturated carbocycles. The molecule has 1 atom stereocenters. The Morgan fingerprint density at radius 1 is 1.46 bits per heavy atom. The van der Waals surface area contributed by atoms with Crippen molar-refractivity contribution in [2.45, 2.75) is 6.10 Å². The molecular formula is C9H8BrClO2. The van der Waals surface area contributed by atoms with Gasteiger partial charge in [-0.1, -0.05) is 15.9 Å². The van der Waals surface area contributed by atoms with E-state index in [1.54, 1.807) is 0 Å². The van der Waals surface area contributed by atoms with Gasteiger partial charge in [-0.2, -0.15) is 0 Å². The molecule has 0 radical (unpaired) electrons. The zero-order valence-corrected chi connectivity index (χ0v) is 9.14. The molecule has 1 heterocycles. The molecule has 1 aliphatic rings. The molecule has 2 nitrogen and oxygen atoms in total. The molecule has 0 saturated heterocycles. The quantitative estimate of drug-likeness (QED) is 0.726. The lowest BCUT2D eigenvalue weighted by Gasteiger charge is -2.25. The maximum Gasteiger partial charge on any atom is 0.162 e. The summed E-state index contributed by atoms with van der Waals surface area (Å²) in [5, 5.41) is 0. The third-order valence-electron chi connectivity index (χ3n) is 1.80. The summed E-state index contributed by atoms with van der Waals surface area (Å²) in [4.78, 5) is 0. The summed E-state index contributed by atoms with van der Waals surface area (Å²) < 4.78 is 12.0. The van der Waals surface area contributed by atoms with E-state index in [1.165, 1.54) is 0 Å². The van der Waals surface area contributed by atoms with Crippen LogP contribution < -0.4 is 9.47 Å². The maximum absolute atomic E-state index is 5.67. The summed E-state index contributed by atoms with van der Waals surface area (Å²) in [7, 11) is 0. The van der Waals surface area contributed by atoms with Gasteiger partial charge in [-0.15, -0.1) is 11.6 Å². The molecule has 1 aliphatic heterocycles. The van der Waals surface area contributed by atoms with Crippen molar-refractivity contribution in [1.82, 2.24) is 0 Å².